The van der Waals surface area contributed by atoms with Crippen LogP contribution >= 0.6 is 11.6 Å². The molecular formula is C14H15ClFN7. The number of alkyl halides is 1. The average molecular weight is 336 g/mol. The fourth-order valence-electron chi connectivity index (χ4n) is 2.15. The quantitative estimate of drug-likeness (QED) is 0.775. The van der Waals surface area contributed by atoms with Crippen LogP contribution in [0.2, 0.25) is 5.02 Å². The number of nitrogens with zero attached hydrogens (tertiary/aromatic N) is 6. The van der Waals surface area contributed by atoms with Gasteiger partial charge in [-0.1, -0.05) is 11.6 Å². The molecule has 2 aromatic heterocycles. The molecule has 1 N–H and O–H groups in total. The van der Waals surface area contributed by atoms with E-state index in [9.17, 15) is 4.39 Å². The normalized spacial score (nSPS) is 11.0. The zero-order valence-corrected chi connectivity index (χ0v) is 13.4. The first-order chi connectivity index (χ1) is 11.1. The van der Waals surface area contributed by atoms with Crippen molar-refractivity contribution in [1.82, 2.24) is 30.2 Å². The Morgan fingerprint density at radius 1 is 1.35 bits per heavy atom. The molecule has 0 unspecified atom stereocenters. The summed E-state index contributed by atoms with van der Waals surface area (Å²) in [6.07, 6.45) is 1.51. The summed E-state index contributed by atoms with van der Waals surface area (Å²) < 4.78 is 14.2. The van der Waals surface area contributed by atoms with E-state index in [1.54, 1.807) is 0 Å². The maximum absolute atomic E-state index is 12.8. The van der Waals surface area contributed by atoms with E-state index >= 15 is 0 Å². The fraction of sp³-hybridized carbons (Fsp3) is 0.286. The minimum Gasteiger partial charge on any atom is -0.378 e. The van der Waals surface area contributed by atoms with Crippen molar-refractivity contribution in [2.75, 3.05) is 25.7 Å². The zero-order chi connectivity index (χ0) is 16.4. The predicted molar refractivity (Wildman–Crippen MR) is 86.1 cm³/mol. The highest BCUT2D eigenvalue weighted by Gasteiger charge is 2.17. The van der Waals surface area contributed by atoms with Crippen LogP contribution in [-0.2, 0) is 6.54 Å². The van der Waals surface area contributed by atoms with E-state index in [0.717, 1.165) is 5.69 Å². The Morgan fingerprint density at radius 2 is 2.17 bits per heavy atom. The van der Waals surface area contributed by atoms with Crippen molar-refractivity contribution in [3.8, 4) is 22.9 Å². The maximum Gasteiger partial charge on any atom is 0.183 e. The number of hydrogen-bond donors (Lipinski definition) is 1. The van der Waals surface area contributed by atoms with E-state index in [2.05, 4.69) is 25.5 Å². The van der Waals surface area contributed by atoms with Crippen LogP contribution in [0.5, 0.6) is 0 Å². The summed E-state index contributed by atoms with van der Waals surface area (Å²) in [6.45, 7) is -0.469. The van der Waals surface area contributed by atoms with Gasteiger partial charge in [0.05, 0.1) is 17.8 Å². The number of H-pyrrole nitrogens is 1. The van der Waals surface area contributed by atoms with Gasteiger partial charge in [-0.05, 0) is 18.2 Å². The Morgan fingerprint density at radius 3 is 2.78 bits per heavy atom. The smallest absolute Gasteiger partial charge is 0.183 e. The SMILES string of the molecule is CN(C)c1ccc(-c2nc(-c3cn[nH]n3)n(CCF)n2)c(Cl)c1. The van der Waals surface area contributed by atoms with Gasteiger partial charge in [-0.25, -0.2) is 14.1 Å². The zero-order valence-electron chi connectivity index (χ0n) is 12.7. The van der Waals surface area contributed by atoms with Crippen molar-refractivity contribution in [2.24, 2.45) is 0 Å². The van der Waals surface area contributed by atoms with Gasteiger partial charge < -0.3 is 4.90 Å². The lowest BCUT2D eigenvalue weighted by molar-refractivity contribution is 0.429. The lowest BCUT2D eigenvalue weighted by atomic mass is 10.2. The highest BCUT2D eigenvalue weighted by molar-refractivity contribution is 6.33. The molecule has 0 aliphatic rings. The minimum atomic E-state index is -0.555. The van der Waals surface area contributed by atoms with Crippen molar-refractivity contribution < 1.29 is 4.39 Å². The number of nitrogens with one attached hydrogen (secondary N) is 1. The van der Waals surface area contributed by atoms with E-state index < -0.39 is 6.67 Å². The van der Waals surface area contributed by atoms with Gasteiger partial charge in [-0.3, -0.25) is 0 Å². The monoisotopic (exact) mass is 335 g/mol. The minimum absolute atomic E-state index is 0.0859. The van der Waals surface area contributed by atoms with Crippen molar-refractivity contribution >= 4 is 17.3 Å². The van der Waals surface area contributed by atoms with E-state index in [1.807, 2.05) is 37.2 Å². The second-order valence-electron chi connectivity index (χ2n) is 5.08. The molecule has 2 heterocycles. The Hall–Kier alpha value is -2.48. The number of anilines is 1. The van der Waals surface area contributed by atoms with Crippen LogP contribution < -0.4 is 4.90 Å². The second kappa shape index (κ2) is 6.33. The van der Waals surface area contributed by atoms with Crippen molar-refractivity contribution in [3.05, 3.63) is 29.4 Å². The van der Waals surface area contributed by atoms with Crippen molar-refractivity contribution in [3.63, 3.8) is 0 Å². The molecule has 0 fully saturated rings. The van der Waals surface area contributed by atoms with E-state index in [-0.39, 0.29) is 6.54 Å². The van der Waals surface area contributed by atoms with Crippen molar-refractivity contribution in [2.45, 2.75) is 6.54 Å². The van der Waals surface area contributed by atoms with Crippen LogP contribution in [0.25, 0.3) is 22.9 Å². The lowest BCUT2D eigenvalue weighted by Gasteiger charge is -2.13. The van der Waals surface area contributed by atoms with E-state index in [0.29, 0.717) is 27.9 Å². The third-order valence-electron chi connectivity index (χ3n) is 3.32. The first-order valence-corrected chi connectivity index (χ1v) is 7.32. The van der Waals surface area contributed by atoms with Crippen molar-refractivity contribution in [1.29, 1.82) is 0 Å². The molecule has 0 saturated heterocycles. The summed E-state index contributed by atoms with van der Waals surface area (Å²) in [7, 11) is 3.87. The topological polar surface area (TPSA) is 75.5 Å². The molecule has 0 bridgehead atoms. The number of hydrogen-bond acceptors (Lipinski definition) is 5. The lowest BCUT2D eigenvalue weighted by Crippen LogP contribution is -2.08. The molecule has 23 heavy (non-hydrogen) atoms. The summed E-state index contributed by atoms with van der Waals surface area (Å²) >= 11 is 6.35. The van der Waals surface area contributed by atoms with Gasteiger partial charge in [-0.15, -0.1) is 0 Å². The Labute approximate surface area is 137 Å². The predicted octanol–water partition coefficient (Wildman–Crippen LogP) is 2.42. The van der Waals surface area contributed by atoms with Gasteiger partial charge in [0.15, 0.2) is 11.6 Å². The molecule has 7 nitrogen and oxygen atoms in total. The summed E-state index contributed by atoms with van der Waals surface area (Å²) in [4.78, 5) is 6.39. The van der Waals surface area contributed by atoms with Crippen LogP contribution in [0.1, 0.15) is 0 Å². The summed E-state index contributed by atoms with van der Waals surface area (Å²) in [6, 6.07) is 5.61. The standard InChI is InChI=1S/C14H15ClFN7/c1-22(2)9-3-4-10(11(15)7-9)13-18-14(12-8-17-21-19-12)23(20-13)6-5-16/h3-4,7-8H,5-6H2,1-2H3,(H,17,19,21). The molecule has 3 aromatic rings. The molecule has 1 aromatic carbocycles. The van der Waals surface area contributed by atoms with Crippen LogP contribution in [0, 0.1) is 0 Å². The molecule has 0 saturated carbocycles. The van der Waals surface area contributed by atoms with Gasteiger partial charge in [0, 0.05) is 25.3 Å². The number of benzene rings is 1. The first-order valence-electron chi connectivity index (χ1n) is 6.94. The maximum atomic E-state index is 12.8. The Balaban J connectivity index is 2.05. The Kier molecular flexibility index (Phi) is 4.24. The van der Waals surface area contributed by atoms with E-state index in [1.165, 1.54) is 10.9 Å². The van der Waals surface area contributed by atoms with Gasteiger partial charge in [-0.2, -0.15) is 20.5 Å². The van der Waals surface area contributed by atoms with Crippen LogP contribution in [-0.4, -0.2) is 50.9 Å². The molecule has 0 spiro atoms. The molecular weight excluding hydrogens is 321 g/mol. The molecule has 120 valence electrons. The molecule has 0 aliphatic heterocycles. The first kappa shape index (κ1) is 15.4. The largest absolute Gasteiger partial charge is 0.378 e. The van der Waals surface area contributed by atoms with Gasteiger partial charge in [0.25, 0.3) is 0 Å². The highest BCUT2D eigenvalue weighted by Crippen LogP contribution is 2.30. The molecule has 0 amide bonds. The highest BCUT2D eigenvalue weighted by atomic mass is 35.5. The number of halogens is 2. The molecule has 3 rings (SSSR count). The third kappa shape index (κ3) is 3.02. The van der Waals surface area contributed by atoms with Crippen LogP contribution in [0.3, 0.4) is 0 Å². The van der Waals surface area contributed by atoms with Gasteiger partial charge >= 0.3 is 0 Å². The van der Waals surface area contributed by atoms with Crippen LogP contribution in [0.15, 0.2) is 24.4 Å². The number of aromatic nitrogens is 6. The molecule has 0 radical (unpaired) electrons. The average Bonchev–Trinajstić information content (AvgIpc) is 3.16. The molecule has 0 aliphatic carbocycles. The Bertz CT molecular complexity index is 798. The van der Waals surface area contributed by atoms with E-state index in [4.69, 9.17) is 11.6 Å². The van der Waals surface area contributed by atoms with Crippen LogP contribution in [0.4, 0.5) is 10.1 Å². The number of rotatable bonds is 5. The third-order valence-corrected chi connectivity index (χ3v) is 3.63. The van der Waals surface area contributed by atoms with Gasteiger partial charge in [0.2, 0.25) is 0 Å². The fourth-order valence-corrected chi connectivity index (χ4v) is 2.41. The second-order valence-corrected chi connectivity index (χ2v) is 5.49. The summed E-state index contributed by atoms with van der Waals surface area (Å²) in [5.41, 5.74) is 2.15. The van der Waals surface area contributed by atoms with Gasteiger partial charge in [0.1, 0.15) is 12.4 Å². The summed E-state index contributed by atoms with van der Waals surface area (Å²) in [5, 5.41) is 15.1. The molecule has 0 atom stereocenters. The molecule has 9 heteroatoms. The number of aromatic amines is 1. The summed E-state index contributed by atoms with van der Waals surface area (Å²) in [5.74, 6) is 0.867. The number of aryl methyl sites for hydroxylation is 1.